The lowest BCUT2D eigenvalue weighted by Crippen LogP contribution is -2.31. The van der Waals surface area contributed by atoms with Crippen LogP contribution in [-0.4, -0.2) is 51.4 Å². The molecule has 2 amide bonds. The molecule has 2 N–H and O–H groups in total. The second kappa shape index (κ2) is 11.1. The van der Waals surface area contributed by atoms with Crippen molar-refractivity contribution in [2.45, 2.75) is 4.90 Å². The first-order valence-electron chi connectivity index (χ1n) is 9.98. The summed E-state index contributed by atoms with van der Waals surface area (Å²) in [5.41, 5.74) is 0.153. The van der Waals surface area contributed by atoms with Crippen LogP contribution >= 0.6 is 0 Å². The van der Waals surface area contributed by atoms with Crippen LogP contribution in [0.1, 0.15) is 31.2 Å². The van der Waals surface area contributed by atoms with Crippen LogP contribution < -0.4 is 14.8 Å². The van der Waals surface area contributed by atoms with Crippen molar-refractivity contribution in [1.29, 1.82) is 0 Å². The Morgan fingerprint density at radius 2 is 1.56 bits per heavy atom. The summed E-state index contributed by atoms with van der Waals surface area (Å²) >= 11 is 0. The topological polar surface area (TPSA) is 141 Å². The van der Waals surface area contributed by atoms with E-state index in [2.05, 4.69) is 15.0 Å². The molecule has 0 unspecified atom stereocenters. The summed E-state index contributed by atoms with van der Waals surface area (Å²) in [4.78, 5) is 39.5. The molecule has 10 nitrogen and oxygen atoms in total. The van der Waals surface area contributed by atoms with Crippen LogP contribution in [0.5, 0.6) is 5.75 Å². The van der Waals surface area contributed by atoms with E-state index in [0.29, 0.717) is 5.75 Å². The van der Waals surface area contributed by atoms with Gasteiger partial charge in [0.1, 0.15) is 18.1 Å². The van der Waals surface area contributed by atoms with E-state index < -0.39 is 27.8 Å². The van der Waals surface area contributed by atoms with Crippen molar-refractivity contribution in [3.63, 3.8) is 0 Å². The first-order valence-corrected chi connectivity index (χ1v) is 11.5. The number of amides is 2. The highest BCUT2D eigenvalue weighted by Gasteiger charge is 2.20. The Hall–Kier alpha value is -4.25. The number of carbonyl (C=O) groups excluding carboxylic acids is 3. The Kier molecular flexibility index (Phi) is 7.93. The highest BCUT2D eigenvalue weighted by atomic mass is 32.2. The van der Waals surface area contributed by atoms with E-state index in [9.17, 15) is 22.8 Å². The normalized spacial score (nSPS) is 10.7. The van der Waals surface area contributed by atoms with Gasteiger partial charge in [0, 0.05) is 11.8 Å². The van der Waals surface area contributed by atoms with Crippen molar-refractivity contribution in [3.8, 4) is 5.75 Å². The van der Waals surface area contributed by atoms with Crippen molar-refractivity contribution in [2.75, 3.05) is 20.3 Å². The molecule has 0 atom stereocenters. The smallest absolute Gasteiger partial charge is 0.356 e. The van der Waals surface area contributed by atoms with E-state index in [4.69, 9.17) is 4.74 Å². The average Bonchev–Trinajstić information content (AvgIpc) is 2.86. The molecule has 0 aliphatic carbocycles. The average molecular weight is 484 g/mol. The summed E-state index contributed by atoms with van der Waals surface area (Å²) in [7, 11) is -3.02. The van der Waals surface area contributed by atoms with E-state index in [1.807, 2.05) is 22.9 Å². The van der Waals surface area contributed by atoms with Crippen LogP contribution in [0.4, 0.5) is 0 Å². The summed E-state index contributed by atoms with van der Waals surface area (Å²) in [6.07, 6.45) is 1.06. The quantitative estimate of drug-likeness (QED) is 0.347. The Bertz CT molecular complexity index is 1260. The number of nitrogens with one attached hydrogen (secondary N) is 2. The predicted octanol–water partition coefficient (Wildman–Crippen LogP) is 1.80. The van der Waals surface area contributed by atoms with E-state index in [-0.39, 0.29) is 34.9 Å². The highest BCUT2D eigenvalue weighted by Crippen LogP contribution is 2.12. The zero-order chi connectivity index (χ0) is 24.6. The van der Waals surface area contributed by atoms with Gasteiger partial charge in [0.15, 0.2) is 0 Å². The molecule has 0 aliphatic rings. The van der Waals surface area contributed by atoms with Gasteiger partial charge in [-0.2, -0.15) is 0 Å². The minimum absolute atomic E-state index is 0.0256. The maximum absolute atomic E-state index is 12.5. The van der Waals surface area contributed by atoms with Gasteiger partial charge in [-0.25, -0.2) is 22.9 Å². The van der Waals surface area contributed by atoms with E-state index in [1.54, 1.807) is 12.1 Å². The number of hydrogen-bond acceptors (Lipinski definition) is 8. The van der Waals surface area contributed by atoms with Gasteiger partial charge < -0.3 is 14.8 Å². The van der Waals surface area contributed by atoms with Gasteiger partial charge >= 0.3 is 5.97 Å². The molecule has 0 radical (unpaired) electrons. The number of hydrogen-bond donors (Lipinski definition) is 2. The zero-order valence-electron chi connectivity index (χ0n) is 18.1. The van der Waals surface area contributed by atoms with Crippen LogP contribution in [0.3, 0.4) is 0 Å². The molecule has 0 aliphatic heterocycles. The van der Waals surface area contributed by atoms with Crippen molar-refractivity contribution in [1.82, 2.24) is 15.0 Å². The number of carbonyl (C=O) groups is 3. The molecule has 0 fully saturated rings. The van der Waals surface area contributed by atoms with Gasteiger partial charge in [-0.15, -0.1) is 0 Å². The number of esters is 1. The van der Waals surface area contributed by atoms with E-state index >= 15 is 0 Å². The molecule has 3 aromatic rings. The second-order valence-electron chi connectivity index (χ2n) is 6.80. The van der Waals surface area contributed by atoms with Gasteiger partial charge in [0.25, 0.3) is 21.8 Å². The van der Waals surface area contributed by atoms with Crippen LogP contribution in [0.25, 0.3) is 0 Å². The number of nitrogens with zero attached hydrogens (tertiary/aromatic N) is 1. The largest absolute Gasteiger partial charge is 0.492 e. The Morgan fingerprint density at radius 1 is 0.882 bits per heavy atom. The predicted molar refractivity (Wildman–Crippen MR) is 121 cm³/mol. The molecule has 1 heterocycles. The maximum Gasteiger partial charge on any atom is 0.356 e. The fraction of sp³-hybridized carbons (Fsp3) is 0.130. The molecule has 3 rings (SSSR count). The van der Waals surface area contributed by atoms with Crippen molar-refractivity contribution in [2.24, 2.45) is 0 Å². The maximum atomic E-state index is 12.5. The van der Waals surface area contributed by atoms with Crippen LogP contribution in [0.15, 0.2) is 77.8 Å². The molecule has 2 aromatic carbocycles. The third kappa shape index (κ3) is 6.39. The molecule has 0 bridgehead atoms. The lowest BCUT2D eigenvalue weighted by molar-refractivity contribution is 0.0593. The van der Waals surface area contributed by atoms with Gasteiger partial charge in [0.2, 0.25) is 0 Å². The number of para-hydroxylation sites is 1. The zero-order valence-corrected chi connectivity index (χ0v) is 18.9. The Balaban J connectivity index is 1.55. The van der Waals surface area contributed by atoms with E-state index in [0.717, 1.165) is 6.20 Å². The van der Waals surface area contributed by atoms with Gasteiger partial charge in [0.05, 0.1) is 24.1 Å². The summed E-state index contributed by atoms with van der Waals surface area (Å²) in [5.74, 6) is -1.33. The van der Waals surface area contributed by atoms with Crippen molar-refractivity contribution >= 4 is 27.8 Å². The number of pyridine rings is 1. The first-order chi connectivity index (χ1) is 16.3. The highest BCUT2D eigenvalue weighted by molar-refractivity contribution is 7.90. The molecular weight excluding hydrogens is 462 g/mol. The number of methoxy groups -OCH3 is 1. The molecule has 0 saturated carbocycles. The van der Waals surface area contributed by atoms with Crippen LogP contribution in [-0.2, 0) is 14.8 Å². The van der Waals surface area contributed by atoms with Gasteiger partial charge in [-0.05, 0) is 48.5 Å². The number of aromatic nitrogens is 1. The summed E-state index contributed by atoms with van der Waals surface area (Å²) in [6.45, 7) is 0.524. The fourth-order valence-corrected chi connectivity index (χ4v) is 3.71. The number of benzene rings is 2. The van der Waals surface area contributed by atoms with Crippen molar-refractivity contribution < 1.29 is 32.3 Å². The SMILES string of the molecule is COC(=O)c1ccc(C(=O)NS(=O)(=O)c2ccc(C(=O)NCCOc3ccccc3)cc2)cn1. The van der Waals surface area contributed by atoms with Gasteiger partial charge in [-0.3, -0.25) is 9.59 Å². The molecule has 0 saturated heterocycles. The van der Waals surface area contributed by atoms with E-state index in [1.165, 1.54) is 43.5 Å². The molecule has 11 heteroatoms. The third-order valence-corrected chi connectivity index (χ3v) is 5.82. The lowest BCUT2D eigenvalue weighted by Gasteiger charge is -2.09. The molecular formula is C23H21N3O7S. The fourth-order valence-electron chi connectivity index (χ4n) is 2.73. The number of sulfonamides is 1. The van der Waals surface area contributed by atoms with Crippen LogP contribution in [0.2, 0.25) is 0 Å². The number of ether oxygens (including phenoxy) is 2. The van der Waals surface area contributed by atoms with Crippen molar-refractivity contribution in [3.05, 3.63) is 89.7 Å². The summed E-state index contributed by atoms with van der Waals surface area (Å²) in [6, 6.07) is 16.7. The molecule has 0 spiro atoms. The molecule has 34 heavy (non-hydrogen) atoms. The minimum atomic E-state index is -4.20. The summed E-state index contributed by atoms with van der Waals surface area (Å²) in [5, 5.41) is 2.67. The van der Waals surface area contributed by atoms with Crippen LogP contribution in [0, 0.1) is 0 Å². The van der Waals surface area contributed by atoms with Gasteiger partial charge in [-0.1, -0.05) is 18.2 Å². The minimum Gasteiger partial charge on any atom is -0.492 e. The first kappa shape index (κ1) is 24.4. The Morgan fingerprint density at radius 3 is 2.18 bits per heavy atom. The molecule has 176 valence electrons. The third-order valence-electron chi connectivity index (χ3n) is 4.47. The molecule has 1 aromatic heterocycles. The number of rotatable bonds is 9. The summed E-state index contributed by atoms with van der Waals surface area (Å²) < 4.78 is 37.0. The monoisotopic (exact) mass is 483 g/mol. The Labute approximate surface area is 196 Å². The standard InChI is InChI=1S/C23H21N3O7S/c1-32-23(29)20-12-9-17(15-25-20)22(28)26-34(30,31)19-10-7-16(8-11-19)21(27)24-13-14-33-18-5-3-2-4-6-18/h2-12,15H,13-14H2,1H3,(H,24,27)(H,26,28). The second-order valence-corrected chi connectivity index (χ2v) is 8.48. The lowest BCUT2D eigenvalue weighted by atomic mass is 10.2.